The summed E-state index contributed by atoms with van der Waals surface area (Å²) in [6.45, 7) is 0.171. The largest absolute Gasteiger partial charge is 0.360 e. The third-order valence-corrected chi connectivity index (χ3v) is 2.66. The normalized spacial score (nSPS) is 14.6. The zero-order valence-corrected chi connectivity index (χ0v) is 9.98. The second-order valence-electron chi connectivity index (χ2n) is 3.68. The highest BCUT2D eigenvalue weighted by Crippen LogP contribution is 2.22. The maximum absolute atomic E-state index is 11.4. The van der Waals surface area contributed by atoms with Gasteiger partial charge in [-0.25, -0.2) is 4.98 Å². The first-order chi connectivity index (χ1) is 7.65. The minimum absolute atomic E-state index is 0.0460. The molecule has 0 bridgehead atoms. The third-order valence-electron chi connectivity index (χ3n) is 2.17. The Hall–Kier alpha value is -1.00. The van der Waals surface area contributed by atoms with E-state index in [1.165, 1.54) is 6.20 Å². The summed E-state index contributed by atoms with van der Waals surface area (Å²) >= 11 is 11.6. The summed E-state index contributed by atoms with van der Waals surface area (Å²) in [6.07, 6.45) is 3.63. The molecule has 1 aromatic heterocycles. The van der Waals surface area contributed by atoms with Crippen molar-refractivity contribution in [3.63, 3.8) is 0 Å². The van der Waals surface area contributed by atoms with Crippen LogP contribution in [-0.2, 0) is 4.79 Å². The fraction of sp³-hybridized carbons (Fsp3) is 0.400. The van der Waals surface area contributed by atoms with Crippen LogP contribution in [0.2, 0.25) is 10.0 Å². The van der Waals surface area contributed by atoms with Gasteiger partial charge in [-0.1, -0.05) is 23.2 Å². The van der Waals surface area contributed by atoms with Gasteiger partial charge < -0.3 is 10.6 Å². The lowest BCUT2D eigenvalue weighted by Crippen LogP contribution is -2.31. The molecule has 1 saturated carbocycles. The number of hydrogen-bond acceptors (Lipinski definition) is 3. The van der Waals surface area contributed by atoms with E-state index in [2.05, 4.69) is 15.6 Å². The number of amides is 1. The zero-order chi connectivity index (χ0) is 11.5. The highest BCUT2D eigenvalue weighted by atomic mass is 35.5. The molecule has 1 aliphatic rings. The maximum atomic E-state index is 11.4. The average molecular weight is 260 g/mol. The lowest BCUT2D eigenvalue weighted by Gasteiger charge is -2.07. The molecule has 4 nitrogen and oxygen atoms in total. The molecule has 16 heavy (non-hydrogen) atoms. The molecule has 1 heterocycles. The number of nitrogens with one attached hydrogen (secondary N) is 2. The van der Waals surface area contributed by atoms with Crippen molar-refractivity contribution in [3.8, 4) is 0 Å². The van der Waals surface area contributed by atoms with Crippen LogP contribution in [0.15, 0.2) is 12.3 Å². The first kappa shape index (κ1) is 11.5. The Morgan fingerprint density at radius 2 is 2.25 bits per heavy atom. The fourth-order valence-electron chi connectivity index (χ4n) is 1.22. The number of hydrogen-bond donors (Lipinski definition) is 2. The van der Waals surface area contributed by atoms with E-state index in [1.807, 2.05) is 0 Å². The molecule has 2 N–H and O–H groups in total. The number of nitrogens with zero attached hydrogens (tertiary/aromatic N) is 1. The van der Waals surface area contributed by atoms with E-state index in [0.717, 1.165) is 12.8 Å². The zero-order valence-electron chi connectivity index (χ0n) is 8.46. The predicted molar refractivity (Wildman–Crippen MR) is 63.9 cm³/mol. The number of carbonyl (C=O) groups is 1. The summed E-state index contributed by atoms with van der Waals surface area (Å²) in [5, 5.41) is 6.60. The first-order valence-electron chi connectivity index (χ1n) is 4.99. The van der Waals surface area contributed by atoms with Gasteiger partial charge in [0.05, 0.1) is 16.6 Å². The average Bonchev–Trinajstić information content (AvgIpc) is 3.00. The summed E-state index contributed by atoms with van der Waals surface area (Å²) in [5.41, 5.74) is 0. The van der Waals surface area contributed by atoms with Crippen molar-refractivity contribution in [3.05, 3.63) is 22.3 Å². The Morgan fingerprint density at radius 1 is 1.50 bits per heavy atom. The SMILES string of the molecule is O=C(CNc1ncc(Cl)cc1Cl)NC1CC1. The Balaban J connectivity index is 1.85. The molecule has 2 rings (SSSR count). The quantitative estimate of drug-likeness (QED) is 0.871. The molecular weight excluding hydrogens is 249 g/mol. The third kappa shape index (κ3) is 3.25. The molecule has 6 heteroatoms. The Kier molecular flexibility index (Phi) is 3.51. The van der Waals surface area contributed by atoms with Crippen LogP contribution < -0.4 is 10.6 Å². The topological polar surface area (TPSA) is 54.0 Å². The molecule has 0 atom stereocenters. The molecule has 0 aliphatic heterocycles. The summed E-state index contributed by atoms with van der Waals surface area (Å²) in [4.78, 5) is 15.4. The lowest BCUT2D eigenvalue weighted by molar-refractivity contribution is -0.119. The standard InChI is InChI=1S/C10H11Cl2N3O/c11-6-3-8(12)10(13-4-6)14-5-9(16)15-7-1-2-7/h3-4,7H,1-2,5H2,(H,13,14)(H,15,16). The molecule has 0 aromatic carbocycles. The van der Waals surface area contributed by atoms with Gasteiger partial charge in [-0.2, -0.15) is 0 Å². The number of pyridine rings is 1. The van der Waals surface area contributed by atoms with Crippen LogP contribution in [0.4, 0.5) is 5.82 Å². The monoisotopic (exact) mass is 259 g/mol. The van der Waals surface area contributed by atoms with Crippen molar-refractivity contribution in [2.24, 2.45) is 0 Å². The first-order valence-corrected chi connectivity index (χ1v) is 5.75. The number of carbonyl (C=O) groups excluding carboxylic acids is 1. The van der Waals surface area contributed by atoms with Gasteiger partial charge in [0.15, 0.2) is 0 Å². The maximum Gasteiger partial charge on any atom is 0.239 e. The molecule has 1 aromatic rings. The van der Waals surface area contributed by atoms with Gasteiger partial charge in [-0.15, -0.1) is 0 Å². The van der Waals surface area contributed by atoms with E-state index < -0.39 is 0 Å². The number of aromatic nitrogens is 1. The Morgan fingerprint density at radius 3 is 2.88 bits per heavy atom. The smallest absolute Gasteiger partial charge is 0.239 e. The van der Waals surface area contributed by atoms with Gasteiger partial charge >= 0.3 is 0 Å². The van der Waals surface area contributed by atoms with Gasteiger partial charge in [0.25, 0.3) is 0 Å². The lowest BCUT2D eigenvalue weighted by atomic mass is 10.4. The minimum atomic E-state index is -0.0460. The summed E-state index contributed by atoms with van der Waals surface area (Å²) in [7, 11) is 0. The molecule has 0 spiro atoms. The molecule has 1 amide bonds. The highest BCUT2D eigenvalue weighted by Gasteiger charge is 2.22. The number of halogens is 2. The van der Waals surface area contributed by atoms with Crippen LogP contribution in [0, 0.1) is 0 Å². The van der Waals surface area contributed by atoms with Crippen LogP contribution in [0.1, 0.15) is 12.8 Å². The van der Waals surface area contributed by atoms with Crippen molar-refractivity contribution < 1.29 is 4.79 Å². The molecule has 0 unspecified atom stereocenters. The molecule has 0 saturated heterocycles. The van der Waals surface area contributed by atoms with Crippen molar-refractivity contribution in [1.29, 1.82) is 0 Å². The van der Waals surface area contributed by atoms with Crippen molar-refractivity contribution >= 4 is 34.9 Å². The van der Waals surface area contributed by atoms with E-state index in [0.29, 0.717) is 21.9 Å². The Labute approximate surface area is 103 Å². The molecular formula is C10H11Cl2N3O. The van der Waals surface area contributed by atoms with E-state index in [-0.39, 0.29) is 12.5 Å². The fourth-order valence-corrected chi connectivity index (χ4v) is 1.66. The van der Waals surface area contributed by atoms with Gasteiger partial charge in [0.2, 0.25) is 5.91 Å². The number of anilines is 1. The van der Waals surface area contributed by atoms with E-state index in [1.54, 1.807) is 6.07 Å². The van der Waals surface area contributed by atoms with Crippen LogP contribution in [0.25, 0.3) is 0 Å². The van der Waals surface area contributed by atoms with Gasteiger partial charge in [0, 0.05) is 12.2 Å². The summed E-state index contributed by atoms with van der Waals surface area (Å²) in [5.74, 6) is 0.423. The molecule has 86 valence electrons. The van der Waals surface area contributed by atoms with Crippen LogP contribution in [0.5, 0.6) is 0 Å². The van der Waals surface area contributed by atoms with Crippen LogP contribution in [0.3, 0.4) is 0 Å². The molecule has 1 fully saturated rings. The molecule has 1 aliphatic carbocycles. The Bertz CT molecular complexity index is 407. The summed E-state index contributed by atoms with van der Waals surface area (Å²) in [6, 6.07) is 1.94. The predicted octanol–water partition coefficient (Wildman–Crippen LogP) is 2.08. The van der Waals surface area contributed by atoms with Crippen LogP contribution in [-0.4, -0.2) is 23.5 Å². The van der Waals surface area contributed by atoms with E-state index >= 15 is 0 Å². The van der Waals surface area contributed by atoms with Gasteiger partial charge in [-0.3, -0.25) is 4.79 Å². The van der Waals surface area contributed by atoms with Gasteiger partial charge in [0.1, 0.15) is 5.82 Å². The van der Waals surface area contributed by atoms with Gasteiger partial charge in [-0.05, 0) is 18.9 Å². The van der Waals surface area contributed by atoms with Crippen molar-refractivity contribution in [2.45, 2.75) is 18.9 Å². The highest BCUT2D eigenvalue weighted by molar-refractivity contribution is 6.35. The van der Waals surface area contributed by atoms with Crippen molar-refractivity contribution in [1.82, 2.24) is 10.3 Å². The summed E-state index contributed by atoms with van der Waals surface area (Å²) < 4.78 is 0. The number of rotatable bonds is 4. The minimum Gasteiger partial charge on any atom is -0.360 e. The van der Waals surface area contributed by atoms with E-state index in [9.17, 15) is 4.79 Å². The second kappa shape index (κ2) is 4.89. The van der Waals surface area contributed by atoms with Crippen molar-refractivity contribution in [2.75, 3.05) is 11.9 Å². The molecule has 0 radical (unpaired) electrons. The van der Waals surface area contributed by atoms with E-state index in [4.69, 9.17) is 23.2 Å². The van der Waals surface area contributed by atoms with Crippen LogP contribution >= 0.6 is 23.2 Å². The second-order valence-corrected chi connectivity index (χ2v) is 4.52.